The van der Waals surface area contributed by atoms with Crippen LogP contribution in [0.25, 0.3) is 0 Å². The van der Waals surface area contributed by atoms with Crippen molar-refractivity contribution in [1.29, 1.82) is 0 Å². The zero-order valence-corrected chi connectivity index (χ0v) is 14.0. The molecule has 20 heavy (non-hydrogen) atoms. The largest absolute Gasteiger partial charge is 0.380 e. The highest BCUT2D eigenvalue weighted by molar-refractivity contribution is 9.10. The fourth-order valence-corrected chi connectivity index (χ4v) is 2.38. The number of aromatic nitrogens is 1. The first-order valence-electron chi connectivity index (χ1n) is 6.86. The minimum absolute atomic E-state index is 0.00222. The van der Waals surface area contributed by atoms with Crippen molar-refractivity contribution in [2.75, 3.05) is 39.5 Å². The van der Waals surface area contributed by atoms with Crippen LogP contribution in [0.5, 0.6) is 0 Å². The highest BCUT2D eigenvalue weighted by Crippen LogP contribution is 2.15. The lowest BCUT2D eigenvalue weighted by Crippen LogP contribution is -2.37. The van der Waals surface area contributed by atoms with Crippen LogP contribution in [-0.4, -0.2) is 54.9 Å². The molecule has 5 nitrogen and oxygen atoms in total. The summed E-state index contributed by atoms with van der Waals surface area (Å²) in [6.07, 6.45) is 1.87. The standard InChI is InChI=1S/C14H23BrN2O3/c1-4-19-8-6-17(7-9-20-5-2)14(18)13-10-12(15)11-16(13)3/h10-11H,4-9H2,1-3H3. The Hall–Kier alpha value is -0.850. The lowest BCUT2D eigenvalue weighted by molar-refractivity contribution is 0.0542. The van der Waals surface area contributed by atoms with E-state index in [0.717, 1.165) is 4.47 Å². The number of amides is 1. The molecule has 1 rings (SSSR count). The Labute approximate surface area is 129 Å². The van der Waals surface area contributed by atoms with Gasteiger partial charge in [0.05, 0.1) is 13.2 Å². The van der Waals surface area contributed by atoms with Crippen molar-refractivity contribution in [2.24, 2.45) is 7.05 Å². The Balaban J connectivity index is 2.69. The summed E-state index contributed by atoms with van der Waals surface area (Å²) in [5.41, 5.74) is 0.657. The fourth-order valence-electron chi connectivity index (χ4n) is 1.85. The molecule has 114 valence electrons. The molecular formula is C14H23BrN2O3. The van der Waals surface area contributed by atoms with Gasteiger partial charge in [-0.2, -0.15) is 0 Å². The van der Waals surface area contributed by atoms with Crippen LogP contribution in [0.1, 0.15) is 24.3 Å². The zero-order chi connectivity index (χ0) is 15.0. The van der Waals surface area contributed by atoms with E-state index in [-0.39, 0.29) is 5.91 Å². The number of rotatable bonds is 9. The van der Waals surface area contributed by atoms with Crippen molar-refractivity contribution < 1.29 is 14.3 Å². The van der Waals surface area contributed by atoms with E-state index in [1.54, 1.807) is 4.90 Å². The van der Waals surface area contributed by atoms with Crippen LogP contribution < -0.4 is 0 Å². The number of aryl methyl sites for hydroxylation is 1. The maximum absolute atomic E-state index is 12.5. The van der Waals surface area contributed by atoms with Crippen LogP contribution in [0.3, 0.4) is 0 Å². The maximum Gasteiger partial charge on any atom is 0.270 e. The van der Waals surface area contributed by atoms with Gasteiger partial charge < -0.3 is 18.9 Å². The monoisotopic (exact) mass is 346 g/mol. The SMILES string of the molecule is CCOCCN(CCOCC)C(=O)c1cc(Br)cn1C. The van der Waals surface area contributed by atoms with Gasteiger partial charge in [-0.05, 0) is 35.8 Å². The molecule has 1 amide bonds. The fraction of sp³-hybridized carbons (Fsp3) is 0.643. The second-order valence-electron chi connectivity index (χ2n) is 4.34. The lowest BCUT2D eigenvalue weighted by Gasteiger charge is -2.22. The predicted octanol–water partition coefficient (Wildman–Crippen LogP) is 2.30. The van der Waals surface area contributed by atoms with E-state index in [2.05, 4.69) is 15.9 Å². The molecule has 0 aliphatic rings. The van der Waals surface area contributed by atoms with E-state index < -0.39 is 0 Å². The minimum atomic E-state index is -0.00222. The summed E-state index contributed by atoms with van der Waals surface area (Å²) in [7, 11) is 1.86. The first-order chi connectivity index (χ1) is 9.60. The van der Waals surface area contributed by atoms with Crippen LogP contribution in [0, 0.1) is 0 Å². The summed E-state index contributed by atoms with van der Waals surface area (Å²) in [5, 5.41) is 0. The molecule has 0 radical (unpaired) electrons. The molecule has 0 atom stereocenters. The third-order valence-corrected chi connectivity index (χ3v) is 3.33. The first kappa shape index (κ1) is 17.2. The van der Waals surface area contributed by atoms with Gasteiger partial charge in [-0.1, -0.05) is 0 Å². The molecular weight excluding hydrogens is 324 g/mol. The van der Waals surface area contributed by atoms with Crippen LogP contribution >= 0.6 is 15.9 Å². The van der Waals surface area contributed by atoms with Crippen molar-refractivity contribution in [2.45, 2.75) is 13.8 Å². The first-order valence-corrected chi connectivity index (χ1v) is 7.66. The number of ether oxygens (including phenoxy) is 2. The van der Waals surface area contributed by atoms with E-state index in [0.29, 0.717) is 45.2 Å². The third kappa shape index (κ3) is 5.26. The molecule has 1 heterocycles. The average molecular weight is 347 g/mol. The van der Waals surface area contributed by atoms with Gasteiger partial charge in [0.2, 0.25) is 0 Å². The van der Waals surface area contributed by atoms with Crippen molar-refractivity contribution >= 4 is 21.8 Å². The van der Waals surface area contributed by atoms with Gasteiger partial charge in [0, 0.05) is 44.0 Å². The van der Waals surface area contributed by atoms with Gasteiger partial charge in [-0.25, -0.2) is 0 Å². The topological polar surface area (TPSA) is 43.7 Å². The number of halogens is 1. The van der Waals surface area contributed by atoms with Crippen molar-refractivity contribution in [1.82, 2.24) is 9.47 Å². The Morgan fingerprint density at radius 2 is 1.80 bits per heavy atom. The van der Waals surface area contributed by atoms with E-state index in [1.807, 2.05) is 37.7 Å². The Morgan fingerprint density at radius 1 is 1.25 bits per heavy atom. The normalized spacial score (nSPS) is 10.8. The van der Waals surface area contributed by atoms with Crippen LogP contribution in [0.2, 0.25) is 0 Å². The molecule has 0 bridgehead atoms. The predicted molar refractivity (Wildman–Crippen MR) is 82.0 cm³/mol. The molecule has 0 aliphatic carbocycles. The second-order valence-corrected chi connectivity index (χ2v) is 5.26. The van der Waals surface area contributed by atoms with Gasteiger partial charge >= 0.3 is 0 Å². The summed E-state index contributed by atoms with van der Waals surface area (Å²) in [4.78, 5) is 14.3. The molecule has 0 N–H and O–H groups in total. The average Bonchev–Trinajstić information content (AvgIpc) is 2.75. The summed E-state index contributed by atoms with van der Waals surface area (Å²) < 4.78 is 13.4. The van der Waals surface area contributed by atoms with E-state index in [1.165, 1.54) is 0 Å². The second kappa shape index (κ2) is 9.15. The van der Waals surface area contributed by atoms with Gasteiger partial charge in [0.25, 0.3) is 5.91 Å². The van der Waals surface area contributed by atoms with Gasteiger partial charge in [-0.3, -0.25) is 4.79 Å². The van der Waals surface area contributed by atoms with Gasteiger partial charge in [0.1, 0.15) is 5.69 Å². The number of hydrogen-bond acceptors (Lipinski definition) is 3. The smallest absolute Gasteiger partial charge is 0.270 e. The molecule has 1 aromatic rings. The van der Waals surface area contributed by atoms with Crippen molar-refractivity contribution in [3.05, 3.63) is 22.4 Å². The third-order valence-electron chi connectivity index (χ3n) is 2.90. The number of carbonyl (C=O) groups is 1. The molecule has 0 fully saturated rings. The number of hydrogen-bond donors (Lipinski definition) is 0. The molecule has 0 saturated heterocycles. The van der Waals surface area contributed by atoms with E-state index >= 15 is 0 Å². The zero-order valence-electron chi connectivity index (χ0n) is 12.4. The molecule has 0 spiro atoms. The molecule has 1 aromatic heterocycles. The quantitative estimate of drug-likeness (QED) is 0.644. The molecule has 0 saturated carbocycles. The molecule has 0 unspecified atom stereocenters. The van der Waals surface area contributed by atoms with Crippen molar-refractivity contribution in [3.8, 4) is 0 Å². The van der Waals surface area contributed by atoms with Gasteiger partial charge in [-0.15, -0.1) is 0 Å². The van der Waals surface area contributed by atoms with Crippen molar-refractivity contribution in [3.63, 3.8) is 0 Å². The molecule has 0 aliphatic heterocycles. The Morgan fingerprint density at radius 3 is 2.20 bits per heavy atom. The van der Waals surface area contributed by atoms with Crippen LogP contribution in [0.4, 0.5) is 0 Å². The Bertz CT molecular complexity index is 411. The van der Waals surface area contributed by atoms with Crippen LogP contribution in [-0.2, 0) is 16.5 Å². The minimum Gasteiger partial charge on any atom is -0.380 e. The Kier molecular flexibility index (Phi) is 7.87. The summed E-state index contributed by atoms with van der Waals surface area (Å²) >= 11 is 3.39. The van der Waals surface area contributed by atoms with Gasteiger partial charge in [0.15, 0.2) is 0 Å². The summed E-state index contributed by atoms with van der Waals surface area (Å²) in [6, 6.07) is 1.83. The highest BCUT2D eigenvalue weighted by atomic mass is 79.9. The molecule has 6 heteroatoms. The van der Waals surface area contributed by atoms with E-state index in [9.17, 15) is 4.79 Å². The summed E-state index contributed by atoms with van der Waals surface area (Å²) in [6.45, 7) is 7.43. The maximum atomic E-state index is 12.5. The number of nitrogens with zero attached hydrogens (tertiary/aromatic N) is 2. The summed E-state index contributed by atoms with van der Waals surface area (Å²) in [5.74, 6) is -0.00222. The van der Waals surface area contributed by atoms with Crippen LogP contribution in [0.15, 0.2) is 16.7 Å². The lowest BCUT2D eigenvalue weighted by atomic mass is 10.3. The molecule has 0 aromatic carbocycles. The highest BCUT2D eigenvalue weighted by Gasteiger charge is 2.18. The number of carbonyl (C=O) groups excluding carboxylic acids is 1. The van der Waals surface area contributed by atoms with E-state index in [4.69, 9.17) is 9.47 Å².